The van der Waals surface area contributed by atoms with E-state index in [0.29, 0.717) is 6.73 Å². The molecule has 2 aromatic carbocycles. The molecule has 0 aliphatic rings. The highest BCUT2D eigenvalue weighted by atomic mass is 79.9. The smallest absolute Gasteiger partial charge is 0.139 e. The average molecular weight is 496 g/mol. The van der Waals surface area contributed by atoms with Gasteiger partial charge in [-0.15, -0.1) is 0 Å². The maximum atomic E-state index is 6.02. The van der Waals surface area contributed by atoms with Crippen molar-refractivity contribution in [3.8, 4) is 11.3 Å². The SMILES string of the molecule is C[Si](C)(C)CCOCn1cc(Sc2ccc(Cl)cc2)c(-c2ccc(Br)cc2)n1. The van der Waals surface area contributed by atoms with E-state index in [9.17, 15) is 0 Å². The quantitative estimate of drug-likeness (QED) is 0.240. The first-order valence-electron chi connectivity index (χ1n) is 9.15. The van der Waals surface area contributed by atoms with Crippen molar-refractivity contribution >= 4 is 47.4 Å². The summed E-state index contributed by atoms with van der Waals surface area (Å²) in [7, 11) is -1.09. The van der Waals surface area contributed by atoms with Crippen LogP contribution in [-0.4, -0.2) is 24.5 Å². The normalized spacial score (nSPS) is 11.8. The Balaban J connectivity index is 1.80. The minimum Gasteiger partial charge on any atom is -0.360 e. The van der Waals surface area contributed by atoms with E-state index in [-0.39, 0.29) is 0 Å². The molecule has 1 aromatic heterocycles. The lowest BCUT2D eigenvalue weighted by Gasteiger charge is -2.15. The molecule has 0 saturated carbocycles. The Kier molecular flexibility index (Phi) is 7.45. The van der Waals surface area contributed by atoms with Gasteiger partial charge in [-0.05, 0) is 42.4 Å². The van der Waals surface area contributed by atoms with Gasteiger partial charge < -0.3 is 4.74 Å². The molecule has 3 aromatic rings. The zero-order valence-corrected chi connectivity index (χ0v) is 20.4. The van der Waals surface area contributed by atoms with Crippen LogP contribution in [0.5, 0.6) is 0 Å². The van der Waals surface area contributed by atoms with Gasteiger partial charge in [0.1, 0.15) is 12.4 Å². The minimum atomic E-state index is -1.09. The largest absolute Gasteiger partial charge is 0.360 e. The van der Waals surface area contributed by atoms with Crippen molar-refractivity contribution in [2.24, 2.45) is 0 Å². The Morgan fingerprint density at radius 1 is 1.07 bits per heavy atom. The van der Waals surface area contributed by atoms with Gasteiger partial charge in [0.05, 0.1) is 4.90 Å². The molecule has 3 rings (SSSR count). The molecule has 0 aliphatic heterocycles. The van der Waals surface area contributed by atoms with E-state index >= 15 is 0 Å². The van der Waals surface area contributed by atoms with Crippen LogP contribution >= 0.6 is 39.3 Å². The number of hydrogen-bond donors (Lipinski definition) is 0. The molecule has 0 amide bonds. The first-order chi connectivity index (χ1) is 13.3. The summed E-state index contributed by atoms with van der Waals surface area (Å²) in [5.41, 5.74) is 2.04. The van der Waals surface area contributed by atoms with E-state index in [1.165, 1.54) is 0 Å². The van der Waals surface area contributed by atoms with E-state index in [0.717, 1.165) is 43.2 Å². The van der Waals surface area contributed by atoms with Gasteiger partial charge in [-0.3, -0.25) is 0 Å². The highest BCUT2D eigenvalue weighted by molar-refractivity contribution is 9.10. The number of halogens is 2. The maximum Gasteiger partial charge on any atom is 0.139 e. The number of hydrogen-bond acceptors (Lipinski definition) is 3. The fraction of sp³-hybridized carbons (Fsp3) is 0.286. The molecule has 0 bridgehead atoms. The second-order valence-electron chi connectivity index (χ2n) is 7.79. The zero-order valence-electron chi connectivity index (χ0n) is 16.3. The van der Waals surface area contributed by atoms with Crippen molar-refractivity contribution in [3.05, 3.63) is 64.2 Å². The summed E-state index contributed by atoms with van der Waals surface area (Å²) in [6, 6.07) is 17.3. The third kappa shape index (κ3) is 6.49. The number of benzene rings is 2. The van der Waals surface area contributed by atoms with Gasteiger partial charge in [-0.1, -0.05) is 71.1 Å². The molecule has 3 nitrogen and oxygen atoms in total. The van der Waals surface area contributed by atoms with Crippen LogP contribution < -0.4 is 0 Å². The van der Waals surface area contributed by atoms with Crippen LogP contribution in [0.25, 0.3) is 11.3 Å². The summed E-state index contributed by atoms with van der Waals surface area (Å²) in [4.78, 5) is 2.22. The van der Waals surface area contributed by atoms with Gasteiger partial charge in [-0.25, -0.2) is 4.68 Å². The number of aromatic nitrogens is 2. The molecule has 0 unspecified atom stereocenters. The molecule has 0 atom stereocenters. The Labute approximate surface area is 185 Å². The highest BCUT2D eigenvalue weighted by Crippen LogP contribution is 2.36. The minimum absolute atomic E-state index is 0.467. The van der Waals surface area contributed by atoms with Crippen molar-refractivity contribution in [2.75, 3.05) is 6.61 Å². The van der Waals surface area contributed by atoms with Gasteiger partial charge in [-0.2, -0.15) is 5.10 Å². The topological polar surface area (TPSA) is 27.1 Å². The maximum absolute atomic E-state index is 6.02. The second-order valence-corrected chi connectivity index (χ2v) is 15.9. The Morgan fingerprint density at radius 3 is 2.39 bits per heavy atom. The van der Waals surface area contributed by atoms with Crippen LogP contribution in [0, 0.1) is 0 Å². The fourth-order valence-electron chi connectivity index (χ4n) is 2.52. The van der Waals surface area contributed by atoms with E-state index in [4.69, 9.17) is 21.4 Å². The van der Waals surface area contributed by atoms with Crippen molar-refractivity contribution in [2.45, 2.75) is 42.2 Å². The summed E-state index contributed by atoms with van der Waals surface area (Å²) in [6.07, 6.45) is 2.06. The molecule has 28 heavy (non-hydrogen) atoms. The molecule has 0 N–H and O–H groups in total. The predicted octanol–water partition coefficient (Wildman–Crippen LogP) is 7.43. The zero-order chi connectivity index (χ0) is 20.1. The molecular weight excluding hydrogens is 472 g/mol. The van der Waals surface area contributed by atoms with Crippen LogP contribution in [0.3, 0.4) is 0 Å². The Hall–Kier alpha value is -1.05. The molecule has 0 spiro atoms. The van der Waals surface area contributed by atoms with E-state index in [2.05, 4.69) is 53.9 Å². The summed E-state index contributed by atoms with van der Waals surface area (Å²) >= 11 is 11.2. The van der Waals surface area contributed by atoms with E-state index < -0.39 is 8.07 Å². The lowest BCUT2D eigenvalue weighted by molar-refractivity contribution is 0.0786. The van der Waals surface area contributed by atoms with Crippen LogP contribution in [-0.2, 0) is 11.5 Å². The number of nitrogens with zero attached hydrogens (tertiary/aromatic N) is 2. The molecule has 0 radical (unpaired) electrons. The highest BCUT2D eigenvalue weighted by Gasteiger charge is 2.15. The number of rotatable bonds is 8. The molecule has 7 heteroatoms. The van der Waals surface area contributed by atoms with Gasteiger partial charge in [0.15, 0.2) is 0 Å². The molecule has 1 heterocycles. The third-order valence-electron chi connectivity index (χ3n) is 4.11. The van der Waals surface area contributed by atoms with Crippen molar-refractivity contribution in [3.63, 3.8) is 0 Å². The molecule has 148 valence electrons. The first-order valence-corrected chi connectivity index (χ1v) is 14.8. The number of ether oxygens (including phenoxy) is 1. The molecular formula is C21H24BrClN2OSSi. The Bertz CT molecular complexity index is 908. The molecule has 0 fully saturated rings. The van der Waals surface area contributed by atoms with Crippen molar-refractivity contribution in [1.29, 1.82) is 0 Å². The summed E-state index contributed by atoms with van der Waals surface area (Å²) in [5.74, 6) is 0. The summed E-state index contributed by atoms with van der Waals surface area (Å²) in [6.45, 7) is 8.32. The Morgan fingerprint density at radius 2 is 1.75 bits per heavy atom. The molecule has 0 saturated heterocycles. The fourth-order valence-corrected chi connectivity index (χ4v) is 4.62. The lowest BCUT2D eigenvalue weighted by Crippen LogP contribution is -2.22. The van der Waals surface area contributed by atoms with E-state index in [1.807, 2.05) is 41.1 Å². The molecule has 0 aliphatic carbocycles. The second kappa shape index (κ2) is 9.63. The van der Waals surface area contributed by atoms with Crippen LogP contribution in [0.1, 0.15) is 0 Å². The van der Waals surface area contributed by atoms with Crippen molar-refractivity contribution < 1.29 is 4.74 Å². The van der Waals surface area contributed by atoms with Crippen LogP contribution in [0.4, 0.5) is 0 Å². The predicted molar refractivity (Wildman–Crippen MR) is 125 cm³/mol. The standard InChI is InChI=1S/C21H24BrClN2OSSi/c1-28(2,3)13-12-26-15-25-14-20(27-19-10-8-18(23)9-11-19)21(24-25)16-4-6-17(22)7-5-16/h4-11,14H,12-13,15H2,1-3H3. The van der Waals surface area contributed by atoms with Gasteiger partial charge >= 0.3 is 0 Å². The van der Waals surface area contributed by atoms with Crippen molar-refractivity contribution in [1.82, 2.24) is 9.78 Å². The van der Waals surface area contributed by atoms with E-state index in [1.54, 1.807) is 11.8 Å². The summed E-state index contributed by atoms with van der Waals surface area (Å²) < 4.78 is 8.83. The monoisotopic (exact) mass is 494 g/mol. The van der Waals surface area contributed by atoms with Gasteiger partial charge in [0.25, 0.3) is 0 Å². The lowest BCUT2D eigenvalue weighted by atomic mass is 10.2. The van der Waals surface area contributed by atoms with Crippen LogP contribution in [0.15, 0.2) is 69.0 Å². The third-order valence-corrected chi connectivity index (χ3v) is 7.62. The van der Waals surface area contributed by atoms with Crippen LogP contribution in [0.2, 0.25) is 30.7 Å². The summed E-state index contributed by atoms with van der Waals surface area (Å²) in [5, 5.41) is 5.54. The van der Waals surface area contributed by atoms with Gasteiger partial charge in [0, 0.05) is 40.8 Å². The van der Waals surface area contributed by atoms with Gasteiger partial charge in [0.2, 0.25) is 0 Å². The first kappa shape index (κ1) is 21.7. The average Bonchev–Trinajstić information content (AvgIpc) is 3.03.